The van der Waals surface area contributed by atoms with Crippen molar-refractivity contribution in [3.8, 4) is 0 Å². The summed E-state index contributed by atoms with van der Waals surface area (Å²) in [7, 11) is 0. The van der Waals surface area contributed by atoms with Crippen LogP contribution in [-0.4, -0.2) is 4.57 Å². The van der Waals surface area contributed by atoms with Crippen LogP contribution >= 0.6 is 15.9 Å². The molecule has 0 bridgehead atoms. The van der Waals surface area contributed by atoms with E-state index in [0.717, 1.165) is 0 Å². The summed E-state index contributed by atoms with van der Waals surface area (Å²) in [6.07, 6.45) is 0.693. The quantitative estimate of drug-likeness (QED) is 0.870. The van der Waals surface area contributed by atoms with Crippen molar-refractivity contribution in [3.63, 3.8) is 0 Å². The molecule has 0 atom stereocenters. The van der Waals surface area contributed by atoms with Crippen LogP contribution in [0.25, 0.3) is 10.9 Å². The van der Waals surface area contributed by atoms with Gasteiger partial charge in [-0.2, -0.15) is 0 Å². The molecule has 0 aliphatic carbocycles. The molecule has 0 aliphatic rings. The second-order valence-electron chi connectivity index (χ2n) is 4.77. The van der Waals surface area contributed by atoms with Crippen molar-refractivity contribution >= 4 is 26.8 Å². The predicted octanol–water partition coefficient (Wildman–Crippen LogP) is 2.90. The average Bonchev–Trinajstić information content (AvgIpc) is 2.29. The Labute approximate surface area is 117 Å². The van der Waals surface area contributed by atoms with E-state index in [1.54, 1.807) is 0 Å². The first kappa shape index (κ1) is 14.0. The van der Waals surface area contributed by atoms with Gasteiger partial charge in [0, 0.05) is 11.0 Å². The molecule has 0 radical (unpaired) electrons. The Morgan fingerprint density at radius 2 is 2.05 bits per heavy atom. The molecule has 19 heavy (non-hydrogen) atoms. The molecule has 1 aromatic carbocycles. The number of rotatable bonds is 3. The van der Waals surface area contributed by atoms with Crippen LogP contribution in [0.5, 0.6) is 0 Å². The summed E-state index contributed by atoms with van der Waals surface area (Å²) in [5, 5.41) is 0.0650. The van der Waals surface area contributed by atoms with E-state index in [1.165, 1.54) is 16.7 Å². The minimum absolute atomic E-state index is 0.00472. The molecule has 0 aliphatic heterocycles. The van der Waals surface area contributed by atoms with E-state index in [4.69, 9.17) is 0 Å². The minimum Gasteiger partial charge on any atom is -0.372 e. The first-order valence-electron chi connectivity index (χ1n) is 5.93. The van der Waals surface area contributed by atoms with Crippen LogP contribution in [0.15, 0.2) is 30.6 Å². The first-order chi connectivity index (χ1) is 8.90. The summed E-state index contributed by atoms with van der Waals surface area (Å²) in [4.78, 5) is 23.3. The number of aryl methyl sites for hydroxylation is 1. The van der Waals surface area contributed by atoms with Gasteiger partial charge in [0.1, 0.15) is 5.82 Å². The Bertz CT molecular complexity index is 733. The first-order valence-corrected chi connectivity index (χ1v) is 6.72. The largest absolute Gasteiger partial charge is 0.422 e. The monoisotopic (exact) mass is 329 g/mol. The molecule has 0 amide bonds. The van der Waals surface area contributed by atoms with Gasteiger partial charge in [-0.15, -0.1) is 0 Å². The highest BCUT2D eigenvalue weighted by Crippen LogP contribution is 2.20. The minimum atomic E-state index is -0.820. The smallest absolute Gasteiger partial charge is 0.372 e. The SMILES string of the molecule is CC(C)CCn1c(=O)oc(=O)c2cc(Br)cc(F)c21. The van der Waals surface area contributed by atoms with Crippen molar-refractivity contribution in [1.82, 2.24) is 4.57 Å². The van der Waals surface area contributed by atoms with Crippen LogP contribution in [0.4, 0.5) is 4.39 Å². The fourth-order valence-corrected chi connectivity index (χ4v) is 2.30. The van der Waals surface area contributed by atoms with Crippen molar-refractivity contribution in [3.05, 3.63) is 43.4 Å². The Kier molecular flexibility index (Phi) is 3.89. The van der Waals surface area contributed by atoms with Gasteiger partial charge in [0.25, 0.3) is 0 Å². The van der Waals surface area contributed by atoms with Crippen molar-refractivity contribution in [2.24, 2.45) is 5.92 Å². The van der Waals surface area contributed by atoms with Gasteiger partial charge in [-0.3, -0.25) is 4.57 Å². The lowest BCUT2D eigenvalue weighted by atomic mass is 10.1. The summed E-state index contributed by atoms with van der Waals surface area (Å²) in [5.74, 6) is -1.08. The molecule has 0 unspecified atom stereocenters. The molecule has 0 saturated carbocycles. The highest BCUT2D eigenvalue weighted by molar-refractivity contribution is 9.10. The Morgan fingerprint density at radius 1 is 1.37 bits per heavy atom. The number of nitrogens with zero attached hydrogens (tertiary/aromatic N) is 1. The fraction of sp³-hybridized carbons (Fsp3) is 0.385. The third kappa shape index (κ3) is 2.78. The average molecular weight is 330 g/mol. The lowest BCUT2D eigenvalue weighted by Crippen LogP contribution is -2.26. The van der Waals surface area contributed by atoms with Crippen molar-refractivity contribution in [1.29, 1.82) is 0 Å². The number of fused-ring (bicyclic) bond motifs is 1. The number of halogens is 2. The molecule has 0 spiro atoms. The summed E-state index contributed by atoms with van der Waals surface area (Å²) >= 11 is 3.11. The second-order valence-corrected chi connectivity index (χ2v) is 5.69. The van der Waals surface area contributed by atoms with Gasteiger partial charge in [-0.1, -0.05) is 29.8 Å². The lowest BCUT2D eigenvalue weighted by Gasteiger charge is -2.10. The number of hydrogen-bond donors (Lipinski definition) is 0. The third-order valence-electron chi connectivity index (χ3n) is 2.85. The molecule has 0 N–H and O–H groups in total. The molecule has 6 heteroatoms. The van der Waals surface area contributed by atoms with Gasteiger partial charge in [0.05, 0.1) is 10.9 Å². The molecule has 1 heterocycles. The lowest BCUT2D eigenvalue weighted by molar-refractivity contribution is 0.396. The van der Waals surface area contributed by atoms with Crippen LogP contribution in [0.1, 0.15) is 20.3 Å². The summed E-state index contributed by atoms with van der Waals surface area (Å²) in [6.45, 7) is 4.31. The van der Waals surface area contributed by atoms with Crippen LogP contribution in [-0.2, 0) is 6.54 Å². The molecule has 102 valence electrons. The fourth-order valence-electron chi connectivity index (χ4n) is 1.87. The van der Waals surface area contributed by atoms with Gasteiger partial charge in [0.2, 0.25) is 0 Å². The summed E-state index contributed by atoms with van der Waals surface area (Å²) in [6, 6.07) is 2.68. The summed E-state index contributed by atoms with van der Waals surface area (Å²) < 4.78 is 20.3. The molecule has 0 fully saturated rings. The van der Waals surface area contributed by atoms with E-state index in [1.807, 2.05) is 13.8 Å². The van der Waals surface area contributed by atoms with E-state index in [0.29, 0.717) is 23.4 Å². The standard InChI is InChI=1S/C13H13BrFNO3/c1-7(2)3-4-16-11-9(12(17)19-13(16)18)5-8(14)6-10(11)15/h5-7H,3-4H2,1-2H3. The van der Waals surface area contributed by atoms with Crippen molar-refractivity contribution in [2.75, 3.05) is 0 Å². The van der Waals surface area contributed by atoms with Crippen LogP contribution in [0.2, 0.25) is 0 Å². The molecule has 1 aromatic heterocycles. The summed E-state index contributed by atoms with van der Waals surface area (Å²) in [5.41, 5.74) is -0.814. The second kappa shape index (κ2) is 5.28. The zero-order valence-corrected chi connectivity index (χ0v) is 12.2. The van der Waals surface area contributed by atoms with Gasteiger partial charge < -0.3 is 4.42 Å². The van der Waals surface area contributed by atoms with E-state index >= 15 is 0 Å². The van der Waals surface area contributed by atoms with E-state index < -0.39 is 17.2 Å². The Morgan fingerprint density at radius 3 is 2.68 bits per heavy atom. The molecule has 0 saturated heterocycles. The molecular formula is C13H13BrFNO3. The number of aromatic nitrogens is 1. The topological polar surface area (TPSA) is 52.2 Å². The molecule has 2 rings (SSSR count). The van der Waals surface area contributed by atoms with Crippen molar-refractivity contribution in [2.45, 2.75) is 26.8 Å². The predicted molar refractivity (Wildman–Crippen MR) is 73.9 cm³/mol. The van der Waals surface area contributed by atoms with Crippen molar-refractivity contribution < 1.29 is 8.81 Å². The highest BCUT2D eigenvalue weighted by atomic mass is 79.9. The molecular weight excluding hydrogens is 317 g/mol. The van der Waals surface area contributed by atoms with Crippen LogP contribution in [0, 0.1) is 11.7 Å². The van der Waals surface area contributed by atoms with E-state index in [9.17, 15) is 14.0 Å². The van der Waals surface area contributed by atoms with Gasteiger partial charge in [-0.05, 0) is 24.5 Å². The highest BCUT2D eigenvalue weighted by Gasteiger charge is 2.14. The van der Waals surface area contributed by atoms with E-state index in [-0.39, 0.29) is 10.9 Å². The van der Waals surface area contributed by atoms with E-state index in [2.05, 4.69) is 20.3 Å². The zero-order chi connectivity index (χ0) is 14.2. The van der Waals surface area contributed by atoms with Gasteiger partial charge in [0.15, 0.2) is 0 Å². The number of benzene rings is 1. The molecule has 4 nitrogen and oxygen atoms in total. The van der Waals surface area contributed by atoms with Gasteiger partial charge >= 0.3 is 11.4 Å². The zero-order valence-electron chi connectivity index (χ0n) is 10.6. The third-order valence-corrected chi connectivity index (χ3v) is 3.31. The van der Waals surface area contributed by atoms with Gasteiger partial charge in [-0.25, -0.2) is 14.0 Å². The Hall–Kier alpha value is -1.43. The molecule has 2 aromatic rings. The Balaban J connectivity index is 2.76. The maximum Gasteiger partial charge on any atom is 0.422 e. The van der Waals surface area contributed by atoms with Crippen LogP contribution < -0.4 is 11.4 Å². The van der Waals surface area contributed by atoms with Crippen LogP contribution in [0.3, 0.4) is 0 Å². The maximum absolute atomic E-state index is 14.0. The maximum atomic E-state index is 14.0. The normalized spacial score (nSPS) is 11.4. The number of hydrogen-bond acceptors (Lipinski definition) is 3.